The van der Waals surface area contributed by atoms with Crippen molar-refractivity contribution in [1.82, 2.24) is 4.98 Å². The number of nitriles is 1. The quantitative estimate of drug-likeness (QED) is 0.831. The molecular weight excluding hydrogens is 231 g/mol. The fourth-order valence-corrected chi connectivity index (χ4v) is 1.54. The summed E-state index contributed by atoms with van der Waals surface area (Å²) in [5.74, 6) is 0.130. The molecular formula is C14H11FN2O. The first-order valence-corrected chi connectivity index (χ1v) is 5.43. The summed E-state index contributed by atoms with van der Waals surface area (Å²) in [6.45, 7) is 2.03. The molecule has 90 valence electrons. The Morgan fingerprint density at radius 3 is 3.00 bits per heavy atom. The van der Waals surface area contributed by atoms with Gasteiger partial charge in [0, 0.05) is 17.8 Å². The summed E-state index contributed by atoms with van der Waals surface area (Å²) in [5, 5.41) is 8.89. The lowest BCUT2D eigenvalue weighted by atomic mass is 10.2. The number of ether oxygens (including phenoxy) is 1. The first kappa shape index (κ1) is 12.1. The zero-order valence-corrected chi connectivity index (χ0v) is 9.85. The average molecular weight is 242 g/mol. The molecule has 0 bridgehead atoms. The molecule has 0 spiro atoms. The van der Waals surface area contributed by atoms with E-state index in [-0.39, 0.29) is 12.4 Å². The van der Waals surface area contributed by atoms with Crippen LogP contribution in [0.25, 0.3) is 0 Å². The Labute approximate surface area is 104 Å². The van der Waals surface area contributed by atoms with Crippen LogP contribution < -0.4 is 4.74 Å². The summed E-state index contributed by atoms with van der Waals surface area (Å²) in [7, 11) is 0. The third kappa shape index (κ3) is 2.64. The summed E-state index contributed by atoms with van der Waals surface area (Å²) in [5.41, 5.74) is 1.86. The van der Waals surface area contributed by atoms with Gasteiger partial charge in [-0.1, -0.05) is 12.1 Å². The Morgan fingerprint density at radius 2 is 2.22 bits per heavy atom. The van der Waals surface area contributed by atoms with E-state index in [1.807, 2.05) is 13.0 Å². The van der Waals surface area contributed by atoms with Crippen molar-refractivity contribution in [2.24, 2.45) is 0 Å². The van der Waals surface area contributed by atoms with Crippen LogP contribution in [0, 0.1) is 24.1 Å². The number of rotatable bonds is 3. The minimum atomic E-state index is -0.345. The van der Waals surface area contributed by atoms with E-state index in [4.69, 9.17) is 10.00 Å². The van der Waals surface area contributed by atoms with Gasteiger partial charge in [-0.2, -0.15) is 5.26 Å². The lowest BCUT2D eigenvalue weighted by Crippen LogP contribution is -2.01. The van der Waals surface area contributed by atoms with Gasteiger partial charge in [-0.05, 0) is 24.6 Å². The SMILES string of the molecule is Cc1ccc(F)cc1OCc1cccnc1C#N. The minimum absolute atomic E-state index is 0.195. The number of hydrogen-bond acceptors (Lipinski definition) is 3. The van der Waals surface area contributed by atoms with E-state index in [0.717, 1.165) is 5.56 Å². The third-order valence-electron chi connectivity index (χ3n) is 2.53. The Bertz CT molecular complexity index is 605. The van der Waals surface area contributed by atoms with Crippen molar-refractivity contribution in [3.05, 3.63) is 59.2 Å². The molecule has 0 radical (unpaired) electrons. The van der Waals surface area contributed by atoms with Gasteiger partial charge in [-0.3, -0.25) is 0 Å². The molecule has 0 atom stereocenters. The highest BCUT2D eigenvalue weighted by Gasteiger charge is 2.05. The smallest absolute Gasteiger partial charge is 0.147 e. The summed E-state index contributed by atoms with van der Waals surface area (Å²) < 4.78 is 18.6. The van der Waals surface area contributed by atoms with Crippen LogP contribution in [0.4, 0.5) is 4.39 Å². The molecule has 0 fully saturated rings. The van der Waals surface area contributed by atoms with Crippen molar-refractivity contribution in [1.29, 1.82) is 5.26 Å². The van der Waals surface area contributed by atoms with Crippen LogP contribution in [0.5, 0.6) is 5.75 Å². The zero-order chi connectivity index (χ0) is 13.0. The summed E-state index contributed by atoms with van der Waals surface area (Å²) >= 11 is 0. The number of hydrogen-bond donors (Lipinski definition) is 0. The first-order chi connectivity index (χ1) is 8.70. The number of aromatic nitrogens is 1. The molecule has 18 heavy (non-hydrogen) atoms. The maximum absolute atomic E-state index is 13.1. The van der Waals surface area contributed by atoms with Crippen LogP contribution in [0.2, 0.25) is 0 Å². The number of aryl methyl sites for hydroxylation is 1. The monoisotopic (exact) mass is 242 g/mol. The van der Waals surface area contributed by atoms with Crippen molar-refractivity contribution < 1.29 is 9.13 Å². The predicted octanol–water partition coefficient (Wildman–Crippen LogP) is 2.98. The molecule has 0 saturated carbocycles. The molecule has 0 N–H and O–H groups in total. The van der Waals surface area contributed by atoms with Crippen LogP contribution >= 0.6 is 0 Å². The normalized spacial score (nSPS) is 9.83. The van der Waals surface area contributed by atoms with Crippen molar-refractivity contribution in [3.63, 3.8) is 0 Å². The molecule has 0 unspecified atom stereocenters. The van der Waals surface area contributed by atoms with Crippen LogP contribution in [0.1, 0.15) is 16.8 Å². The van der Waals surface area contributed by atoms with Gasteiger partial charge in [0.1, 0.15) is 29.9 Å². The Morgan fingerprint density at radius 1 is 1.39 bits per heavy atom. The van der Waals surface area contributed by atoms with E-state index in [1.165, 1.54) is 12.1 Å². The molecule has 0 aliphatic rings. The van der Waals surface area contributed by atoms with Gasteiger partial charge in [0.25, 0.3) is 0 Å². The van der Waals surface area contributed by atoms with Crippen molar-refractivity contribution in [3.8, 4) is 11.8 Å². The number of benzene rings is 1. The van der Waals surface area contributed by atoms with Crippen LogP contribution in [-0.2, 0) is 6.61 Å². The Balaban J connectivity index is 2.17. The van der Waals surface area contributed by atoms with Gasteiger partial charge in [0.05, 0.1) is 0 Å². The number of nitrogens with zero attached hydrogens (tertiary/aromatic N) is 2. The second kappa shape index (κ2) is 5.28. The van der Waals surface area contributed by atoms with Crippen LogP contribution in [0.3, 0.4) is 0 Å². The van der Waals surface area contributed by atoms with Crippen LogP contribution in [-0.4, -0.2) is 4.98 Å². The third-order valence-corrected chi connectivity index (χ3v) is 2.53. The number of pyridine rings is 1. The molecule has 0 aliphatic carbocycles. The topological polar surface area (TPSA) is 45.9 Å². The van der Waals surface area contributed by atoms with Gasteiger partial charge < -0.3 is 4.74 Å². The molecule has 1 aromatic heterocycles. The van der Waals surface area contributed by atoms with Crippen molar-refractivity contribution >= 4 is 0 Å². The Hall–Kier alpha value is -2.41. The summed E-state index contributed by atoms with van der Waals surface area (Å²) in [6.07, 6.45) is 1.55. The van der Waals surface area contributed by atoms with Gasteiger partial charge in [0.15, 0.2) is 0 Å². The van der Waals surface area contributed by atoms with Gasteiger partial charge >= 0.3 is 0 Å². The highest BCUT2D eigenvalue weighted by molar-refractivity contribution is 5.34. The van der Waals surface area contributed by atoms with Gasteiger partial charge in [-0.15, -0.1) is 0 Å². The first-order valence-electron chi connectivity index (χ1n) is 5.43. The highest BCUT2D eigenvalue weighted by Crippen LogP contribution is 2.20. The maximum Gasteiger partial charge on any atom is 0.147 e. The van der Waals surface area contributed by atoms with Gasteiger partial charge in [-0.25, -0.2) is 9.37 Å². The summed E-state index contributed by atoms with van der Waals surface area (Å²) in [4.78, 5) is 3.93. The zero-order valence-electron chi connectivity index (χ0n) is 9.85. The van der Waals surface area contributed by atoms with Crippen molar-refractivity contribution in [2.75, 3.05) is 0 Å². The molecule has 2 rings (SSSR count). The number of halogens is 1. The standard InChI is InChI=1S/C14H11FN2O/c1-10-4-5-12(15)7-14(10)18-9-11-3-2-6-17-13(11)8-16/h2-7H,9H2,1H3. The minimum Gasteiger partial charge on any atom is -0.488 e. The lowest BCUT2D eigenvalue weighted by Gasteiger charge is -2.09. The maximum atomic E-state index is 13.1. The summed E-state index contributed by atoms with van der Waals surface area (Å²) in [6, 6.07) is 9.86. The van der Waals surface area contributed by atoms with Crippen molar-refractivity contribution in [2.45, 2.75) is 13.5 Å². The van der Waals surface area contributed by atoms with Crippen LogP contribution in [0.15, 0.2) is 36.5 Å². The second-order valence-corrected chi connectivity index (χ2v) is 3.82. The van der Waals surface area contributed by atoms with E-state index in [9.17, 15) is 4.39 Å². The fourth-order valence-electron chi connectivity index (χ4n) is 1.54. The lowest BCUT2D eigenvalue weighted by molar-refractivity contribution is 0.301. The van der Waals surface area contributed by atoms with E-state index in [1.54, 1.807) is 24.4 Å². The molecule has 2 aromatic rings. The average Bonchev–Trinajstić information content (AvgIpc) is 2.40. The molecule has 3 nitrogen and oxygen atoms in total. The largest absolute Gasteiger partial charge is 0.488 e. The molecule has 1 heterocycles. The second-order valence-electron chi connectivity index (χ2n) is 3.82. The molecule has 0 aliphatic heterocycles. The molecule has 0 amide bonds. The van der Waals surface area contributed by atoms with Gasteiger partial charge in [0.2, 0.25) is 0 Å². The molecule has 4 heteroatoms. The fraction of sp³-hybridized carbons (Fsp3) is 0.143. The van der Waals surface area contributed by atoms with E-state index in [2.05, 4.69) is 4.98 Å². The predicted molar refractivity (Wildman–Crippen MR) is 64.4 cm³/mol. The van der Waals surface area contributed by atoms with E-state index in [0.29, 0.717) is 17.0 Å². The Kier molecular flexibility index (Phi) is 3.54. The van der Waals surface area contributed by atoms with E-state index >= 15 is 0 Å². The van der Waals surface area contributed by atoms with E-state index < -0.39 is 0 Å². The highest BCUT2D eigenvalue weighted by atomic mass is 19.1. The molecule has 0 saturated heterocycles. The molecule has 1 aromatic carbocycles.